The van der Waals surface area contributed by atoms with Crippen LogP contribution in [0.3, 0.4) is 0 Å². The zero-order chi connectivity index (χ0) is 14.5. The summed E-state index contributed by atoms with van der Waals surface area (Å²) in [5, 5.41) is 0. The average molecular weight is 341 g/mol. The fourth-order valence-electron chi connectivity index (χ4n) is 3.06. The standard InChI is InChI=1S/C16H25BrN2O/c1-3-12-6-8-19(9-7-12)15(11-18)13-4-5-16(20-2)14(17)10-13/h4-5,10,12,15H,3,6-9,11,18H2,1-2H3. The highest BCUT2D eigenvalue weighted by Gasteiger charge is 2.25. The molecule has 0 saturated carbocycles. The van der Waals surface area contributed by atoms with Crippen LogP contribution in [0.15, 0.2) is 22.7 Å². The van der Waals surface area contributed by atoms with Crippen LogP contribution in [0.2, 0.25) is 0 Å². The van der Waals surface area contributed by atoms with Gasteiger partial charge in [0.25, 0.3) is 0 Å². The van der Waals surface area contributed by atoms with Crippen molar-refractivity contribution >= 4 is 15.9 Å². The molecule has 0 aliphatic carbocycles. The van der Waals surface area contributed by atoms with Gasteiger partial charge >= 0.3 is 0 Å². The summed E-state index contributed by atoms with van der Waals surface area (Å²) in [6, 6.07) is 6.60. The molecule has 1 aliphatic heterocycles. The molecule has 0 amide bonds. The van der Waals surface area contributed by atoms with E-state index in [9.17, 15) is 0 Å². The normalized spacial score (nSPS) is 19.0. The van der Waals surface area contributed by atoms with E-state index in [1.54, 1.807) is 7.11 Å². The molecule has 1 saturated heterocycles. The van der Waals surface area contributed by atoms with Gasteiger partial charge in [0.1, 0.15) is 5.75 Å². The summed E-state index contributed by atoms with van der Waals surface area (Å²) in [4.78, 5) is 2.53. The summed E-state index contributed by atoms with van der Waals surface area (Å²) in [5.41, 5.74) is 7.31. The van der Waals surface area contributed by atoms with Crippen LogP contribution in [0, 0.1) is 5.92 Å². The minimum absolute atomic E-state index is 0.315. The molecule has 20 heavy (non-hydrogen) atoms. The molecule has 1 aromatic carbocycles. The third-order valence-corrected chi connectivity index (χ3v) is 5.07. The van der Waals surface area contributed by atoms with Gasteiger partial charge in [-0.25, -0.2) is 0 Å². The van der Waals surface area contributed by atoms with E-state index in [1.165, 1.54) is 24.8 Å². The average Bonchev–Trinajstić information content (AvgIpc) is 2.49. The lowest BCUT2D eigenvalue weighted by Crippen LogP contribution is -2.39. The first-order valence-corrected chi connectivity index (χ1v) is 8.26. The van der Waals surface area contributed by atoms with Crippen LogP contribution >= 0.6 is 15.9 Å². The topological polar surface area (TPSA) is 38.5 Å². The van der Waals surface area contributed by atoms with E-state index < -0.39 is 0 Å². The fourth-order valence-corrected chi connectivity index (χ4v) is 3.62. The number of rotatable bonds is 5. The number of piperidine rings is 1. The molecule has 0 aromatic heterocycles. The maximum atomic E-state index is 6.04. The van der Waals surface area contributed by atoms with Crippen molar-refractivity contribution in [1.82, 2.24) is 4.90 Å². The summed E-state index contributed by atoms with van der Waals surface area (Å²) in [5.74, 6) is 1.77. The van der Waals surface area contributed by atoms with Crippen molar-refractivity contribution in [3.63, 3.8) is 0 Å². The summed E-state index contributed by atoms with van der Waals surface area (Å²) >= 11 is 3.57. The van der Waals surface area contributed by atoms with Crippen LogP contribution in [0.5, 0.6) is 5.75 Å². The van der Waals surface area contributed by atoms with Crippen LogP contribution in [0.25, 0.3) is 0 Å². The summed E-state index contributed by atoms with van der Waals surface area (Å²) in [7, 11) is 1.69. The highest BCUT2D eigenvalue weighted by Crippen LogP contribution is 2.32. The van der Waals surface area contributed by atoms with E-state index in [4.69, 9.17) is 10.5 Å². The number of hydrogen-bond donors (Lipinski definition) is 1. The van der Waals surface area contributed by atoms with Crippen molar-refractivity contribution in [2.75, 3.05) is 26.7 Å². The van der Waals surface area contributed by atoms with Crippen molar-refractivity contribution in [3.8, 4) is 5.75 Å². The third-order valence-electron chi connectivity index (χ3n) is 4.45. The molecule has 1 aromatic rings. The Morgan fingerprint density at radius 3 is 2.60 bits per heavy atom. The lowest BCUT2D eigenvalue weighted by Gasteiger charge is -2.37. The smallest absolute Gasteiger partial charge is 0.133 e. The second-order valence-electron chi connectivity index (χ2n) is 5.53. The fraction of sp³-hybridized carbons (Fsp3) is 0.625. The second-order valence-corrected chi connectivity index (χ2v) is 6.39. The van der Waals surface area contributed by atoms with E-state index in [0.29, 0.717) is 12.6 Å². The quantitative estimate of drug-likeness (QED) is 0.890. The number of hydrogen-bond acceptors (Lipinski definition) is 3. The SMILES string of the molecule is CCC1CCN(C(CN)c2ccc(OC)c(Br)c2)CC1. The Morgan fingerprint density at radius 1 is 1.40 bits per heavy atom. The number of nitrogens with zero attached hydrogens (tertiary/aromatic N) is 1. The van der Waals surface area contributed by atoms with Crippen molar-refractivity contribution in [2.24, 2.45) is 11.7 Å². The lowest BCUT2D eigenvalue weighted by molar-refractivity contribution is 0.134. The maximum Gasteiger partial charge on any atom is 0.133 e. The van der Waals surface area contributed by atoms with Crippen LogP contribution in [-0.2, 0) is 0 Å². The van der Waals surface area contributed by atoms with Crippen molar-refractivity contribution in [1.29, 1.82) is 0 Å². The van der Waals surface area contributed by atoms with Gasteiger partial charge in [0.15, 0.2) is 0 Å². The van der Waals surface area contributed by atoms with Crippen molar-refractivity contribution in [3.05, 3.63) is 28.2 Å². The van der Waals surface area contributed by atoms with E-state index >= 15 is 0 Å². The molecule has 0 radical (unpaired) electrons. The number of ether oxygens (including phenoxy) is 1. The van der Waals surface area contributed by atoms with Gasteiger partial charge < -0.3 is 10.5 Å². The molecule has 2 N–H and O–H groups in total. The van der Waals surface area contributed by atoms with Crippen LogP contribution in [-0.4, -0.2) is 31.6 Å². The molecule has 1 atom stereocenters. The minimum Gasteiger partial charge on any atom is -0.496 e. The Morgan fingerprint density at radius 2 is 2.10 bits per heavy atom. The second kappa shape index (κ2) is 7.43. The van der Waals surface area contributed by atoms with E-state index in [2.05, 4.69) is 39.9 Å². The Balaban J connectivity index is 2.10. The van der Waals surface area contributed by atoms with Gasteiger partial charge in [0.05, 0.1) is 11.6 Å². The lowest BCUT2D eigenvalue weighted by atomic mass is 9.92. The molecule has 3 nitrogen and oxygen atoms in total. The van der Waals surface area contributed by atoms with Crippen molar-refractivity contribution in [2.45, 2.75) is 32.2 Å². The molecule has 0 bridgehead atoms. The highest BCUT2D eigenvalue weighted by atomic mass is 79.9. The molecular formula is C16H25BrN2O. The largest absolute Gasteiger partial charge is 0.496 e. The van der Waals surface area contributed by atoms with Crippen LogP contribution < -0.4 is 10.5 Å². The number of methoxy groups -OCH3 is 1. The van der Waals surface area contributed by atoms with Crippen molar-refractivity contribution < 1.29 is 4.74 Å². The predicted octanol–water partition coefficient (Wildman–Crippen LogP) is 3.58. The van der Waals surface area contributed by atoms with E-state index in [0.717, 1.165) is 29.2 Å². The molecule has 1 fully saturated rings. The summed E-state index contributed by atoms with van der Waals surface area (Å²) in [6.45, 7) is 5.27. The third kappa shape index (κ3) is 3.54. The molecule has 1 unspecified atom stereocenters. The summed E-state index contributed by atoms with van der Waals surface area (Å²) in [6.07, 6.45) is 3.89. The Bertz CT molecular complexity index is 430. The Labute approximate surface area is 130 Å². The van der Waals surface area contributed by atoms with E-state index in [1.807, 2.05) is 6.07 Å². The zero-order valence-corrected chi connectivity index (χ0v) is 14.0. The van der Waals surface area contributed by atoms with Gasteiger partial charge in [-0.05, 0) is 65.5 Å². The number of likely N-dealkylation sites (tertiary alicyclic amines) is 1. The van der Waals surface area contributed by atoms with Gasteiger partial charge in [-0.3, -0.25) is 4.90 Å². The molecular weight excluding hydrogens is 316 g/mol. The summed E-state index contributed by atoms with van der Waals surface area (Å²) < 4.78 is 6.30. The van der Waals surface area contributed by atoms with Gasteiger partial charge in [0.2, 0.25) is 0 Å². The van der Waals surface area contributed by atoms with Crippen LogP contribution in [0.4, 0.5) is 0 Å². The highest BCUT2D eigenvalue weighted by molar-refractivity contribution is 9.10. The number of benzene rings is 1. The first-order chi connectivity index (χ1) is 9.69. The molecule has 4 heteroatoms. The Kier molecular flexibility index (Phi) is 5.87. The molecule has 1 heterocycles. The first kappa shape index (κ1) is 15.8. The Hall–Kier alpha value is -0.580. The van der Waals surface area contributed by atoms with Crippen LogP contribution in [0.1, 0.15) is 37.8 Å². The first-order valence-electron chi connectivity index (χ1n) is 7.47. The molecule has 2 rings (SSSR count). The molecule has 112 valence electrons. The monoisotopic (exact) mass is 340 g/mol. The zero-order valence-electron chi connectivity index (χ0n) is 12.4. The van der Waals surface area contributed by atoms with Gasteiger partial charge in [-0.15, -0.1) is 0 Å². The number of nitrogens with two attached hydrogens (primary N) is 1. The minimum atomic E-state index is 0.315. The van der Waals surface area contributed by atoms with Gasteiger partial charge in [-0.1, -0.05) is 19.4 Å². The van der Waals surface area contributed by atoms with E-state index in [-0.39, 0.29) is 0 Å². The van der Waals surface area contributed by atoms with Gasteiger partial charge in [0, 0.05) is 12.6 Å². The molecule has 0 spiro atoms. The number of halogens is 1. The van der Waals surface area contributed by atoms with Gasteiger partial charge in [-0.2, -0.15) is 0 Å². The maximum absolute atomic E-state index is 6.04. The molecule has 1 aliphatic rings. The predicted molar refractivity (Wildman–Crippen MR) is 87.1 cm³/mol.